The molecule has 0 bridgehead atoms. The molecule has 3 aromatic heterocycles. The smallest absolute Gasteiger partial charge is 0.390 e. The van der Waals surface area contributed by atoms with Gasteiger partial charge in [0.25, 0.3) is 0 Å². The van der Waals surface area contributed by atoms with Crippen LogP contribution < -0.4 is 10.6 Å². The maximum absolute atomic E-state index is 12.8. The first-order valence-corrected chi connectivity index (χ1v) is 11.6. The van der Waals surface area contributed by atoms with Crippen LogP contribution in [0.15, 0.2) is 12.3 Å². The molecule has 2 aliphatic carbocycles. The van der Waals surface area contributed by atoms with E-state index in [1.807, 2.05) is 13.0 Å². The third-order valence-electron chi connectivity index (χ3n) is 6.56. The van der Waals surface area contributed by atoms with E-state index in [2.05, 4.69) is 25.6 Å². The molecule has 0 spiro atoms. The van der Waals surface area contributed by atoms with Crippen LogP contribution in [0, 0.1) is 12.8 Å². The van der Waals surface area contributed by atoms with Gasteiger partial charge in [-0.05, 0) is 32.3 Å². The minimum Gasteiger partial charge on any atom is -0.390 e. The number of halogens is 3. The van der Waals surface area contributed by atoms with Gasteiger partial charge in [0.1, 0.15) is 28.5 Å². The number of rotatable bonds is 6. The fourth-order valence-electron chi connectivity index (χ4n) is 4.73. The Hall–Kier alpha value is -2.61. The zero-order valence-corrected chi connectivity index (χ0v) is 19.1. The second kappa shape index (κ2) is 7.70. The molecule has 34 heavy (non-hydrogen) atoms. The Morgan fingerprint density at radius 3 is 2.65 bits per heavy atom. The molecule has 3 aromatic rings. The van der Waals surface area contributed by atoms with Crippen LogP contribution in [0.2, 0.25) is 0 Å². The number of nitrogens with one attached hydrogen (secondary N) is 2. The highest BCUT2D eigenvalue weighted by atomic mass is 32.1. The molecule has 9 nitrogen and oxygen atoms in total. The van der Waals surface area contributed by atoms with E-state index in [9.17, 15) is 28.5 Å². The summed E-state index contributed by atoms with van der Waals surface area (Å²) >= 11 is 1.33. The van der Waals surface area contributed by atoms with Crippen LogP contribution in [0.1, 0.15) is 31.2 Å². The molecule has 0 amide bonds. The lowest BCUT2D eigenvalue weighted by Gasteiger charge is -2.33. The van der Waals surface area contributed by atoms with Crippen LogP contribution >= 0.6 is 11.3 Å². The van der Waals surface area contributed by atoms with Gasteiger partial charge in [0.05, 0.1) is 27.8 Å². The SMILES string of the molecule is CCc1nccc2sc(-c3c(C)nc(NCC(F)(F)F)nc3NC3(O)CCC4C(O)C43O)nc12. The van der Waals surface area contributed by atoms with Gasteiger partial charge in [-0.1, -0.05) is 6.92 Å². The van der Waals surface area contributed by atoms with Gasteiger partial charge in [0.2, 0.25) is 5.95 Å². The Kier molecular flexibility index (Phi) is 5.24. The van der Waals surface area contributed by atoms with E-state index in [1.165, 1.54) is 11.3 Å². The lowest BCUT2D eigenvalue weighted by molar-refractivity contribution is -0.115. The summed E-state index contributed by atoms with van der Waals surface area (Å²) in [7, 11) is 0. The van der Waals surface area contributed by atoms with E-state index in [0.29, 0.717) is 34.6 Å². The molecule has 3 heterocycles. The first kappa shape index (κ1) is 23.1. The molecule has 2 aliphatic rings. The molecule has 0 radical (unpaired) electrons. The highest BCUT2D eigenvalue weighted by Crippen LogP contribution is 2.61. The van der Waals surface area contributed by atoms with Crippen molar-refractivity contribution in [3.63, 3.8) is 0 Å². The first-order valence-electron chi connectivity index (χ1n) is 10.8. The van der Waals surface area contributed by atoms with Gasteiger partial charge in [-0.25, -0.2) is 9.97 Å². The lowest BCUT2D eigenvalue weighted by Crippen LogP contribution is -2.51. The summed E-state index contributed by atoms with van der Waals surface area (Å²) in [6.07, 6.45) is -2.73. The second-order valence-corrected chi connectivity index (χ2v) is 9.73. The number of aliphatic hydroxyl groups is 3. The standard InChI is InChI=1S/C21H23F3N6O3S/c1-3-11-14-12(5-7-25-11)34-17(28-14)13-9(2)27-18(26-8-20(22,23)24)29-16(13)30-19(32)6-4-10-15(31)21(10,19)33/h5,7,10,15,31-33H,3-4,6,8H2,1-2H3,(H2,26,27,29,30). The van der Waals surface area contributed by atoms with Crippen molar-refractivity contribution in [2.24, 2.45) is 5.92 Å². The summed E-state index contributed by atoms with van der Waals surface area (Å²) < 4.78 is 39.2. The predicted molar refractivity (Wildman–Crippen MR) is 119 cm³/mol. The summed E-state index contributed by atoms with van der Waals surface area (Å²) in [6.45, 7) is 2.22. The minimum atomic E-state index is -4.48. The van der Waals surface area contributed by atoms with E-state index < -0.39 is 36.1 Å². The quantitative estimate of drug-likeness (QED) is 0.326. The van der Waals surface area contributed by atoms with Gasteiger partial charge in [0, 0.05) is 12.1 Å². The number of anilines is 2. The zero-order valence-electron chi connectivity index (χ0n) is 18.3. The molecule has 0 saturated heterocycles. The van der Waals surface area contributed by atoms with E-state index >= 15 is 0 Å². The van der Waals surface area contributed by atoms with Crippen LogP contribution in [0.25, 0.3) is 20.8 Å². The third-order valence-corrected chi connectivity index (χ3v) is 7.60. The fraction of sp³-hybridized carbons (Fsp3) is 0.524. The molecule has 4 unspecified atom stereocenters. The number of hydrogen-bond donors (Lipinski definition) is 5. The van der Waals surface area contributed by atoms with E-state index in [0.717, 1.165) is 10.4 Å². The van der Waals surface area contributed by atoms with Crippen LogP contribution in [-0.2, 0) is 6.42 Å². The lowest BCUT2D eigenvalue weighted by atomic mass is 10.0. The normalized spacial score (nSPS) is 28.2. The highest BCUT2D eigenvalue weighted by molar-refractivity contribution is 7.21. The van der Waals surface area contributed by atoms with Crippen molar-refractivity contribution in [3.8, 4) is 10.6 Å². The van der Waals surface area contributed by atoms with Gasteiger partial charge in [-0.2, -0.15) is 18.2 Å². The van der Waals surface area contributed by atoms with Crippen LogP contribution in [0.5, 0.6) is 0 Å². The number of fused-ring (bicyclic) bond motifs is 2. The molecule has 2 saturated carbocycles. The van der Waals surface area contributed by atoms with Crippen molar-refractivity contribution < 1.29 is 28.5 Å². The number of hydrogen-bond acceptors (Lipinski definition) is 10. The average molecular weight is 497 g/mol. The second-order valence-electron chi connectivity index (χ2n) is 8.70. The Balaban J connectivity index is 1.61. The third kappa shape index (κ3) is 3.58. The number of aromatic nitrogens is 4. The van der Waals surface area contributed by atoms with Crippen molar-refractivity contribution in [1.82, 2.24) is 19.9 Å². The zero-order chi connectivity index (χ0) is 24.5. The number of pyridine rings is 1. The van der Waals surface area contributed by atoms with Crippen molar-refractivity contribution in [3.05, 3.63) is 23.7 Å². The number of thiazole rings is 1. The number of nitrogens with zero attached hydrogens (tertiary/aromatic N) is 4. The van der Waals surface area contributed by atoms with Crippen molar-refractivity contribution in [2.45, 2.75) is 56.7 Å². The Morgan fingerprint density at radius 2 is 2.00 bits per heavy atom. The minimum absolute atomic E-state index is 0.0120. The van der Waals surface area contributed by atoms with Crippen LogP contribution in [0.3, 0.4) is 0 Å². The van der Waals surface area contributed by atoms with Gasteiger partial charge in [-0.3, -0.25) is 4.98 Å². The van der Waals surface area contributed by atoms with Gasteiger partial charge < -0.3 is 26.0 Å². The van der Waals surface area contributed by atoms with Gasteiger partial charge in [0.15, 0.2) is 5.72 Å². The Bertz CT molecular complexity index is 1270. The summed E-state index contributed by atoms with van der Waals surface area (Å²) in [6, 6.07) is 1.82. The fourth-order valence-corrected chi connectivity index (χ4v) is 5.81. The Morgan fingerprint density at radius 1 is 1.24 bits per heavy atom. The molecule has 2 fully saturated rings. The molecule has 0 aromatic carbocycles. The molecule has 5 N–H and O–H groups in total. The topological polar surface area (TPSA) is 136 Å². The molecule has 4 atom stereocenters. The van der Waals surface area contributed by atoms with Crippen molar-refractivity contribution in [2.75, 3.05) is 17.2 Å². The van der Waals surface area contributed by atoms with Gasteiger partial charge >= 0.3 is 6.18 Å². The number of alkyl halides is 3. The summed E-state index contributed by atoms with van der Waals surface area (Å²) in [5.74, 6) is -0.766. The summed E-state index contributed by atoms with van der Waals surface area (Å²) in [5.41, 5.74) is -1.48. The molecule has 0 aliphatic heterocycles. The maximum atomic E-state index is 12.8. The Labute approximate surface area is 196 Å². The molecule has 182 valence electrons. The molecule has 13 heteroatoms. The predicted octanol–water partition coefficient (Wildman–Crippen LogP) is 2.61. The van der Waals surface area contributed by atoms with Crippen LogP contribution in [-0.4, -0.2) is 65.4 Å². The number of aryl methyl sites for hydroxylation is 2. The molecular formula is C21H23F3N6O3S. The van der Waals surface area contributed by atoms with Crippen molar-refractivity contribution in [1.29, 1.82) is 0 Å². The van der Waals surface area contributed by atoms with Gasteiger partial charge in [-0.15, -0.1) is 11.3 Å². The highest BCUT2D eigenvalue weighted by Gasteiger charge is 2.78. The van der Waals surface area contributed by atoms with E-state index in [1.54, 1.807) is 13.1 Å². The average Bonchev–Trinajstić information content (AvgIpc) is 3.04. The summed E-state index contributed by atoms with van der Waals surface area (Å²) in [5, 5.41) is 37.6. The maximum Gasteiger partial charge on any atom is 0.405 e. The van der Waals surface area contributed by atoms with Crippen molar-refractivity contribution >= 4 is 33.3 Å². The largest absolute Gasteiger partial charge is 0.405 e. The van der Waals surface area contributed by atoms with E-state index in [4.69, 9.17) is 4.98 Å². The molecule has 5 rings (SSSR count). The summed E-state index contributed by atoms with van der Waals surface area (Å²) in [4.78, 5) is 17.4. The molecular weight excluding hydrogens is 473 g/mol. The number of aliphatic hydroxyl groups excluding tert-OH is 1. The van der Waals surface area contributed by atoms with E-state index in [-0.39, 0.29) is 18.2 Å². The monoisotopic (exact) mass is 496 g/mol. The first-order chi connectivity index (χ1) is 16.0. The van der Waals surface area contributed by atoms with Crippen LogP contribution in [0.4, 0.5) is 24.9 Å².